The lowest BCUT2D eigenvalue weighted by atomic mass is 10.1. The van der Waals surface area contributed by atoms with Gasteiger partial charge in [0.05, 0.1) is 12.2 Å². The number of carbonyl (C=O) groups excluding carboxylic acids is 2. The minimum absolute atomic E-state index is 0.373. The third-order valence-corrected chi connectivity index (χ3v) is 4.91. The predicted octanol–water partition coefficient (Wildman–Crippen LogP) is 2.30. The van der Waals surface area contributed by atoms with Crippen molar-refractivity contribution in [3.8, 4) is 0 Å². The summed E-state index contributed by atoms with van der Waals surface area (Å²) in [5.41, 5.74) is 3.00. The van der Waals surface area contributed by atoms with Crippen molar-refractivity contribution in [3.05, 3.63) is 59.9 Å². The molecule has 1 aromatic carbocycles. The second-order valence-electron chi connectivity index (χ2n) is 6.61. The van der Waals surface area contributed by atoms with Gasteiger partial charge in [-0.2, -0.15) is 0 Å². The molecule has 1 saturated heterocycles. The molecular weight excluding hydrogens is 340 g/mol. The van der Waals surface area contributed by atoms with E-state index in [0.29, 0.717) is 26.2 Å². The molecule has 1 fully saturated rings. The summed E-state index contributed by atoms with van der Waals surface area (Å²) in [5, 5.41) is 0. The van der Waals surface area contributed by atoms with Crippen LogP contribution < -0.4 is 4.90 Å². The Bertz CT molecular complexity index is 773. The first-order chi connectivity index (χ1) is 13.1. The molecule has 0 spiro atoms. The molecule has 0 unspecified atom stereocenters. The molecule has 0 atom stereocenters. The Kier molecular flexibility index (Phi) is 6.06. The van der Waals surface area contributed by atoms with Crippen molar-refractivity contribution in [2.24, 2.45) is 0 Å². The highest BCUT2D eigenvalue weighted by molar-refractivity contribution is 6.35. The molecule has 142 valence electrons. The fourth-order valence-electron chi connectivity index (χ4n) is 3.33. The molecule has 2 heterocycles. The number of anilines is 1. The molecule has 27 heavy (non-hydrogen) atoms. The first-order valence-corrected chi connectivity index (χ1v) is 9.44. The standard InChI is InChI=1S/C21H26N4O2/c1-3-23(4-2)19-10-8-17(9-11-19)15-24-13-14-25(21(27)20(24)26)16-18-7-5-6-12-22-18/h5-12H,3-4,13-16H2,1-2H3. The summed E-state index contributed by atoms with van der Waals surface area (Å²) in [6.07, 6.45) is 1.69. The van der Waals surface area contributed by atoms with Crippen LogP contribution in [0.5, 0.6) is 0 Å². The van der Waals surface area contributed by atoms with Crippen molar-refractivity contribution in [1.82, 2.24) is 14.8 Å². The second kappa shape index (κ2) is 8.66. The highest BCUT2D eigenvalue weighted by atomic mass is 16.2. The maximum Gasteiger partial charge on any atom is 0.312 e. The Labute approximate surface area is 160 Å². The van der Waals surface area contributed by atoms with Gasteiger partial charge in [0.15, 0.2) is 0 Å². The molecule has 1 aromatic heterocycles. The first-order valence-electron chi connectivity index (χ1n) is 9.44. The van der Waals surface area contributed by atoms with Crippen LogP contribution in [-0.2, 0) is 22.7 Å². The van der Waals surface area contributed by atoms with E-state index in [2.05, 4.69) is 35.9 Å². The van der Waals surface area contributed by atoms with Crippen LogP contribution in [0.4, 0.5) is 5.69 Å². The Morgan fingerprint density at radius 1 is 0.889 bits per heavy atom. The van der Waals surface area contributed by atoms with Crippen molar-refractivity contribution < 1.29 is 9.59 Å². The van der Waals surface area contributed by atoms with E-state index in [0.717, 1.165) is 24.3 Å². The molecule has 0 radical (unpaired) electrons. The smallest absolute Gasteiger partial charge is 0.312 e. The molecule has 6 nitrogen and oxygen atoms in total. The largest absolute Gasteiger partial charge is 0.372 e. The Morgan fingerprint density at radius 2 is 1.52 bits per heavy atom. The van der Waals surface area contributed by atoms with Crippen molar-refractivity contribution in [2.75, 3.05) is 31.1 Å². The summed E-state index contributed by atoms with van der Waals surface area (Å²) < 4.78 is 0. The zero-order chi connectivity index (χ0) is 19.2. The number of hydrogen-bond acceptors (Lipinski definition) is 4. The number of nitrogens with zero attached hydrogens (tertiary/aromatic N) is 4. The number of hydrogen-bond donors (Lipinski definition) is 0. The quantitative estimate of drug-likeness (QED) is 0.706. The molecule has 0 aliphatic carbocycles. The normalized spacial score (nSPS) is 14.6. The molecule has 1 aliphatic heterocycles. The molecule has 6 heteroatoms. The lowest BCUT2D eigenvalue weighted by Gasteiger charge is -2.33. The number of aromatic nitrogens is 1. The van der Waals surface area contributed by atoms with E-state index >= 15 is 0 Å². The van der Waals surface area contributed by atoms with Crippen molar-refractivity contribution in [2.45, 2.75) is 26.9 Å². The summed E-state index contributed by atoms with van der Waals surface area (Å²) >= 11 is 0. The second-order valence-corrected chi connectivity index (χ2v) is 6.61. The molecule has 2 amide bonds. The van der Waals surface area contributed by atoms with Gasteiger partial charge in [-0.05, 0) is 43.7 Å². The third kappa shape index (κ3) is 4.45. The predicted molar refractivity (Wildman–Crippen MR) is 105 cm³/mol. The monoisotopic (exact) mass is 366 g/mol. The fraction of sp³-hybridized carbons (Fsp3) is 0.381. The van der Waals surface area contributed by atoms with Crippen molar-refractivity contribution in [3.63, 3.8) is 0 Å². The summed E-state index contributed by atoms with van der Waals surface area (Å²) in [4.78, 5) is 34.7. The van der Waals surface area contributed by atoms with E-state index in [1.165, 1.54) is 5.69 Å². The molecule has 1 aliphatic rings. The van der Waals surface area contributed by atoms with Crippen LogP contribution in [0.2, 0.25) is 0 Å². The van der Waals surface area contributed by atoms with Crippen LogP contribution in [0, 0.1) is 0 Å². The zero-order valence-electron chi connectivity index (χ0n) is 16.0. The average molecular weight is 366 g/mol. The van der Waals surface area contributed by atoms with Crippen LogP contribution in [0.3, 0.4) is 0 Å². The Morgan fingerprint density at radius 3 is 2.07 bits per heavy atom. The van der Waals surface area contributed by atoms with Crippen molar-refractivity contribution in [1.29, 1.82) is 0 Å². The number of carbonyl (C=O) groups is 2. The van der Waals surface area contributed by atoms with Gasteiger partial charge in [0.1, 0.15) is 0 Å². The topological polar surface area (TPSA) is 56.8 Å². The van der Waals surface area contributed by atoms with Gasteiger partial charge in [0.2, 0.25) is 0 Å². The molecule has 0 saturated carbocycles. The van der Waals surface area contributed by atoms with E-state index in [1.54, 1.807) is 16.0 Å². The highest BCUT2D eigenvalue weighted by Crippen LogP contribution is 2.17. The van der Waals surface area contributed by atoms with E-state index in [9.17, 15) is 9.59 Å². The minimum Gasteiger partial charge on any atom is -0.372 e. The lowest BCUT2D eigenvalue weighted by molar-refractivity contribution is -0.156. The highest BCUT2D eigenvalue weighted by Gasteiger charge is 2.32. The molecule has 3 rings (SSSR count). The van der Waals surface area contributed by atoms with Crippen LogP contribution in [0.1, 0.15) is 25.1 Å². The summed E-state index contributed by atoms with van der Waals surface area (Å²) in [7, 11) is 0. The average Bonchev–Trinajstić information content (AvgIpc) is 2.70. The maximum absolute atomic E-state index is 12.5. The van der Waals surface area contributed by atoms with E-state index in [1.807, 2.05) is 30.3 Å². The van der Waals surface area contributed by atoms with Gasteiger partial charge in [-0.1, -0.05) is 18.2 Å². The zero-order valence-corrected chi connectivity index (χ0v) is 16.0. The van der Waals surface area contributed by atoms with Gasteiger partial charge >= 0.3 is 11.8 Å². The first kappa shape index (κ1) is 18.9. The van der Waals surface area contributed by atoms with E-state index < -0.39 is 11.8 Å². The number of pyridine rings is 1. The molecular formula is C21H26N4O2. The molecule has 0 bridgehead atoms. The minimum atomic E-state index is -0.452. The summed E-state index contributed by atoms with van der Waals surface area (Å²) in [6.45, 7) is 8.08. The van der Waals surface area contributed by atoms with Gasteiger partial charge in [0.25, 0.3) is 0 Å². The third-order valence-electron chi connectivity index (χ3n) is 4.91. The van der Waals surface area contributed by atoms with Gasteiger partial charge < -0.3 is 14.7 Å². The van der Waals surface area contributed by atoms with E-state index in [-0.39, 0.29) is 0 Å². The number of piperazine rings is 1. The van der Waals surface area contributed by atoms with Gasteiger partial charge in [-0.15, -0.1) is 0 Å². The SMILES string of the molecule is CCN(CC)c1ccc(CN2CCN(Cc3ccccn3)C(=O)C2=O)cc1. The van der Waals surface area contributed by atoms with E-state index in [4.69, 9.17) is 0 Å². The number of rotatable bonds is 7. The fourth-order valence-corrected chi connectivity index (χ4v) is 3.33. The summed E-state index contributed by atoms with van der Waals surface area (Å²) in [5.74, 6) is -0.892. The Hall–Kier alpha value is -2.89. The Balaban J connectivity index is 1.61. The lowest BCUT2D eigenvalue weighted by Crippen LogP contribution is -2.53. The molecule has 2 aromatic rings. The van der Waals surface area contributed by atoms with Gasteiger partial charge in [-0.25, -0.2) is 0 Å². The summed E-state index contributed by atoms with van der Waals surface area (Å²) in [6, 6.07) is 13.8. The van der Waals surface area contributed by atoms with Crippen LogP contribution >= 0.6 is 0 Å². The van der Waals surface area contributed by atoms with Gasteiger partial charge in [-0.3, -0.25) is 14.6 Å². The van der Waals surface area contributed by atoms with Crippen molar-refractivity contribution >= 4 is 17.5 Å². The maximum atomic E-state index is 12.5. The van der Waals surface area contributed by atoms with Crippen LogP contribution in [0.15, 0.2) is 48.7 Å². The molecule has 0 N–H and O–H groups in total. The van der Waals surface area contributed by atoms with Crippen LogP contribution in [0.25, 0.3) is 0 Å². The van der Waals surface area contributed by atoms with Gasteiger partial charge in [0, 0.05) is 44.6 Å². The number of amides is 2. The van der Waals surface area contributed by atoms with Crippen LogP contribution in [-0.4, -0.2) is 52.8 Å². The number of benzene rings is 1.